The van der Waals surface area contributed by atoms with Crippen molar-refractivity contribution >= 4 is 30.2 Å². The maximum atomic E-state index is 14.2. The van der Waals surface area contributed by atoms with Crippen molar-refractivity contribution in [3.8, 4) is 11.1 Å². The summed E-state index contributed by atoms with van der Waals surface area (Å²) in [5.74, 6) is 0.736. The lowest BCUT2D eigenvalue weighted by Crippen LogP contribution is -2.35. The fraction of sp³-hybridized carbons (Fsp3) is 0.407. The highest BCUT2D eigenvalue weighted by Crippen LogP contribution is 2.35. The Kier molecular flexibility index (Phi) is 9.46. The standard InChI is InChI=1S/C27H36N2O6SSi/c1-7-33-18-23-16-22(17-30)12-13-24(23)25-10-8-9-11-26(25)36(31,32)29(19-34-14-15-37(4,5)6)27-20(2)21(3)35-28-27/h8-13,16-17H,7,14-15,18-19H2,1-6H3. The molecule has 0 atom stereocenters. The van der Waals surface area contributed by atoms with Crippen molar-refractivity contribution in [2.75, 3.05) is 24.2 Å². The number of rotatable bonds is 13. The monoisotopic (exact) mass is 544 g/mol. The van der Waals surface area contributed by atoms with Gasteiger partial charge in [0.15, 0.2) is 5.82 Å². The zero-order valence-electron chi connectivity index (χ0n) is 22.4. The molecule has 0 amide bonds. The molecule has 0 aliphatic carbocycles. The molecule has 3 rings (SSSR count). The molecule has 8 nitrogen and oxygen atoms in total. The van der Waals surface area contributed by atoms with E-state index in [0.717, 1.165) is 17.9 Å². The van der Waals surface area contributed by atoms with Crippen LogP contribution in [0.25, 0.3) is 11.1 Å². The van der Waals surface area contributed by atoms with E-state index in [1.54, 1.807) is 56.3 Å². The summed E-state index contributed by atoms with van der Waals surface area (Å²) in [6.45, 7) is 13.1. The van der Waals surface area contributed by atoms with Gasteiger partial charge in [0, 0.05) is 38.0 Å². The van der Waals surface area contributed by atoms with Crippen LogP contribution < -0.4 is 4.31 Å². The topological polar surface area (TPSA) is 98.9 Å². The molecule has 0 N–H and O–H groups in total. The van der Waals surface area contributed by atoms with Crippen LogP contribution >= 0.6 is 0 Å². The molecule has 10 heteroatoms. The van der Waals surface area contributed by atoms with Gasteiger partial charge in [0.2, 0.25) is 0 Å². The molecule has 0 bridgehead atoms. The third-order valence-corrected chi connectivity index (χ3v) is 9.52. The van der Waals surface area contributed by atoms with Crippen LogP contribution in [-0.2, 0) is 26.1 Å². The summed E-state index contributed by atoms with van der Waals surface area (Å²) in [6.07, 6.45) is 0.761. The molecule has 3 aromatic rings. The van der Waals surface area contributed by atoms with Gasteiger partial charge < -0.3 is 14.0 Å². The van der Waals surface area contributed by atoms with E-state index in [4.69, 9.17) is 14.0 Å². The fourth-order valence-corrected chi connectivity index (χ4v) is 6.03. The molecule has 0 fully saturated rings. The number of benzene rings is 2. The summed E-state index contributed by atoms with van der Waals surface area (Å²) in [4.78, 5) is 11.5. The van der Waals surface area contributed by atoms with Gasteiger partial charge in [-0.15, -0.1) is 0 Å². The number of sulfonamides is 1. The van der Waals surface area contributed by atoms with Crippen molar-refractivity contribution in [3.05, 3.63) is 64.9 Å². The molecule has 37 heavy (non-hydrogen) atoms. The largest absolute Gasteiger partial charge is 0.377 e. The quantitative estimate of drug-likeness (QED) is 0.116. The molecule has 0 radical (unpaired) electrons. The van der Waals surface area contributed by atoms with E-state index in [2.05, 4.69) is 24.8 Å². The SMILES string of the molecule is CCOCc1cc(C=O)ccc1-c1ccccc1S(=O)(=O)N(COCC[Si](C)(C)C)c1noc(C)c1C. The first-order valence-corrected chi connectivity index (χ1v) is 17.4. The van der Waals surface area contributed by atoms with Gasteiger partial charge in [0.05, 0.1) is 11.5 Å². The molecule has 0 saturated heterocycles. The Morgan fingerprint density at radius 2 is 1.78 bits per heavy atom. The van der Waals surface area contributed by atoms with Crippen LogP contribution in [0.3, 0.4) is 0 Å². The van der Waals surface area contributed by atoms with E-state index >= 15 is 0 Å². The second-order valence-corrected chi connectivity index (χ2v) is 17.5. The van der Waals surface area contributed by atoms with Crippen LogP contribution in [0.5, 0.6) is 0 Å². The van der Waals surface area contributed by atoms with E-state index in [9.17, 15) is 13.2 Å². The molecule has 0 spiro atoms. The maximum Gasteiger partial charge on any atom is 0.268 e. The molecule has 0 aliphatic heterocycles. The summed E-state index contributed by atoms with van der Waals surface area (Å²) >= 11 is 0. The zero-order valence-corrected chi connectivity index (χ0v) is 24.2. The van der Waals surface area contributed by atoms with E-state index < -0.39 is 18.1 Å². The highest BCUT2D eigenvalue weighted by molar-refractivity contribution is 7.93. The minimum atomic E-state index is -4.12. The normalized spacial score (nSPS) is 12.1. The molecule has 0 aliphatic rings. The molecule has 0 saturated carbocycles. The third kappa shape index (κ3) is 6.95. The van der Waals surface area contributed by atoms with E-state index in [1.165, 1.54) is 4.31 Å². The number of aryl methyl sites for hydroxylation is 1. The molecule has 200 valence electrons. The van der Waals surface area contributed by atoms with Gasteiger partial charge in [0.25, 0.3) is 10.0 Å². The van der Waals surface area contributed by atoms with Gasteiger partial charge in [-0.25, -0.2) is 12.7 Å². The predicted octanol–water partition coefficient (Wildman–Crippen LogP) is 5.82. The van der Waals surface area contributed by atoms with Crippen molar-refractivity contribution < 1.29 is 27.2 Å². The first-order chi connectivity index (χ1) is 17.5. The minimum absolute atomic E-state index is 0.0976. The second-order valence-electron chi connectivity index (χ2n) is 10.1. The lowest BCUT2D eigenvalue weighted by atomic mass is 9.98. The molecule has 1 heterocycles. The van der Waals surface area contributed by atoms with Gasteiger partial charge in [-0.05, 0) is 50.1 Å². The first-order valence-electron chi connectivity index (χ1n) is 12.3. The van der Waals surface area contributed by atoms with Crippen LogP contribution in [0.1, 0.15) is 34.2 Å². The van der Waals surface area contributed by atoms with Gasteiger partial charge in [-0.1, -0.05) is 55.1 Å². The van der Waals surface area contributed by atoms with Gasteiger partial charge in [-0.3, -0.25) is 4.79 Å². The van der Waals surface area contributed by atoms with Gasteiger partial charge in [-0.2, -0.15) is 0 Å². The smallest absolute Gasteiger partial charge is 0.268 e. The Labute approximate surface area is 220 Å². The first kappa shape index (κ1) is 28.8. The van der Waals surface area contributed by atoms with Crippen LogP contribution in [-0.4, -0.2) is 47.9 Å². The lowest BCUT2D eigenvalue weighted by molar-refractivity contribution is 0.112. The van der Waals surface area contributed by atoms with Crippen LogP contribution in [0.15, 0.2) is 51.9 Å². The van der Waals surface area contributed by atoms with Crippen molar-refractivity contribution in [2.45, 2.75) is 58.0 Å². The summed E-state index contributed by atoms with van der Waals surface area (Å²) in [6, 6.07) is 12.8. The van der Waals surface area contributed by atoms with E-state index in [1.807, 2.05) is 6.92 Å². The number of aldehydes is 1. The second kappa shape index (κ2) is 12.2. The van der Waals surface area contributed by atoms with Crippen LogP contribution in [0.2, 0.25) is 25.7 Å². The number of hydrogen-bond acceptors (Lipinski definition) is 7. The number of ether oxygens (including phenoxy) is 2. The third-order valence-electron chi connectivity index (χ3n) is 6.05. The highest BCUT2D eigenvalue weighted by atomic mass is 32.2. The number of aromatic nitrogens is 1. The molecule has 1 aromatic heterocycles. The number of carbonyl (C=O) groups excluding carboxylic acids is 1. The summed E-state index contributed by atoms with van der Waals surface area (Å²) < 4.78 is 46.4. The molecule has 2 aromatic carbocycles. The Bertz CT molecular complexity index is 1330. The zero-order chi connectivity index (χ0) is 27.2. The Morgan fingerprint density at radius 3 is 2.41 bits per heavy atom. The molecule has 0 unspecified atom stereocenters. The average Bonchev–Trinajstić information content (AvgIpc) is 3.19. The van der Waals surface area contributed by atoms with Gasteiger partial charge in [0.1, 0.15) is 18.8 Å². The minimum Gasteiger partial charge on any atom is -0.377 e. The van der Waals surface area contributed by atoms with E-state index in [-0.39, 0.29) is 24.1 Å². The van der Waals surface area contributed by atoms with Gasteiger partial charge >= 0.3 is 0 Å². The number of anilines is 1. The maximum absolute atomic E-state index is 14.2. The van der Waals surface area contributed by atoms with Crippen molar-refractivity contribution in [3.63, 3.8) is 0 Å². The van der Waals surface area contributed by atoms with E-state index in [0.29, 0.717) is 41.2 Å². The Balaban J connectivity index is 2.10. The lowest BCUT2D eigenvalue weighted by Gasteiger charge is -2.25. The molecular weight excluding hydrogens is 508 g/mol. The highest BCUT2D eigenvalue weighted by Gasteiger charge is 2.32. The van der Waals surface area contributed by atoms with Crippen LogP contribution in [0.4, 0.5) is 5.82 Å². The van der Waals surface area contributed by atoms with Crippen molar-refractivity contribution in [1.82, 2.24) is 5.16 Å². The van der Waals surface area contributed by atoms with Crippen molar-refractivity contribution in [2.24, 2.45) is 0 Å². The summed E-state index contributed by atoms with van der Waals surface area (Å²) in [5, 5.41) is 4.06. The fourth-order valence-electron chi connectivity index (χ4n) is 3.72. The number of nitrogens with zero attached hydrogens (tertiary/aromatic N) is 2. The molecular formula is C27H36N2O6SSi. The number of carbonyl (C=O) groups is 1. The Hall–Kier alpha value is -2.79. The predicted molar refractivity (Wildman–Crippen MR) is 147 cm³/mol. The van der Waals surface area contributed by atoms with Crippen LogP contribution in [0, 0.1) is 13.8 Å². The summed E-state index contributed by atoms with van der Waals surface area (Å²) in [7, 11) is -5.49. The van der Waals surface area contributed by atoms with Crippen molar-refractivity contribution in [1.29, 1.82) is 0 Å². The average molecular weight is 545 g/mol. The number of hydrogen-bond donors (Lipinski definition) is 0. The summed E-state index contributed by atoms with van der Waals surface area (Å²) in [5.41, 5.74) is 3.01. The Morgan fingerprint density at radius 1 is 1.05 bits per heavy atom.